The number of sulfonamides is 1. The van der Waals surface area contributed by atoms with Crippen LogP contribution >= 0.6 is 11.6 Å². The smallest absolute Gasteiger partial charge is 0.227 e. The predicted octanol–water partition coefficient (Wildman–Crippen LogP) is 5.21. The molecule has 1 fully saturated rings. The van der Waals surface area contributed by atoms with Crippen LogP contribution in [-0.4, -0.2) is 25.1 Å². The Morgan fingerprint density at radius 3 is 2.27 bits per heavy atom. The number of nitrogens with one attached hydrogen (secondary N) is 2. The molecule has 2 aromatic rings. The van der Waals surface area contributed by atoms with Gasteiger partial charge in [-0.15, -0.1) is 0 Å². The summed E-state index contributed by atoms with van der Waals surface area (Å²) in [5, 5.41) is 13.0. The number of carbonyl (C=O) groups excluding carboxylic acids is 1. The molecule has 1 unspecified atom stereocenters. The zero-order chi connectivity index (χ0) is 24.2. The summed E-state index contributed by atoms with van der Waals surface area (Å²) in [5.41, 5.74) is 2.13. The minimum Gasteiger partial charge on any atom is -0.326 e. The second kappa shape index (κ2) is 10.3. The van der Waals surface area contributed by atoms with Crippen LogP contribution in [0.4, 0.5) is 5.69 Å². The predicted molar refractivity (Wildman–Crippen MR) is 132 cm³/mol. The molecular formula is C25H30ClN3O3S. The molecule has 0 aromatic heterocycles. The number of benzene rings is 2. The molecule has 1 amide bonds. The Morgan fingerprint density at radius 1 is 1.09 bits per heavy atom. The normalized spacial score (nSPS) is 20.0. The van der Waals surface area contributed by atoms with Crippen LogP contribution in [0.5, 0.6) is 0 Å². The van der Waals surface area contributed by atoms with E-state index < -0.39 is 20.7 Å². The van der Waals surface area contributed by atoms with Crippen LogP contribution in [0, 0.1) is 17.2 Å². The van der Waals surface area contributed by atoms with Gasteiger partial charge in [0.2, 0.25) is 15.9 Å². The van der Waals surface area contributed by atoms with Crippen molar-refractivity contribution in [3.63, 3.8) is 0 Å². The molecule has 1 aliphatic rings. The first-order chi connectivity index (χ1) is 15.5. The van der Waals surface area contributed by atoms with Crippen molar-refractivity contribution in [2.75, 3.05) is 5.32 Å². The standard InChI is InChI=1S/C25H30ClN3O3S/c1-25(2,3)33(31,32)29-19-11-9-18(10-12-19)24(30)28-20-13-14-21(23(26)15-20)22(16-27)17-7-5-4-6-8-17/h4-8,13-15,18-19,22,29H,9-12H2,1-3H3,(H,28,30). The summed E-state index contributed by atoms with van der Waals surface area (Å²) in [7, 11) is -3.41. The van der Waals surface area contributed by atoms with Crippen LogP contribution < -0.4 is 10.0 Å². The van der Waals surface area contributed by atoms with E-state index in [-0.39, 0.29) is 17.9 Å². The van der Waals surface area contributed by atoms with Gasteiger partial charge >= 0.3 is 0 Å². The van der Waals surface area contributed by atoms with E-state index in [0.29, 0.717) is 42.0 Å². The van der Waals surface area contributed by atoms with Gasteiger partial charge in [0.15, 0.2) is 0 Å². The van der Waals surface area contributed by atoms with Crippen LogP contribution in [-0.2, 0) is 14.8 Å². The third-order valence-electron chi connectivity index (χ3n) is 6.07. The Labute approximate surface area is 201 Å². The van der Waals surface area contributed by atoms with Crippen molar-refractivity contribution in [1.82, 2.24) is 4.72 Å². The lowest BCUT2D eigenvalue weighted by Gasteiger charge is -2.30. The first-order valence-corrected chi connectivity index (χ1v) is 12.9. The van der Waals surface area contributed by atoms with Crippen LogP contribution in [0.15, 0.2) is 48.5 Å². The maximum absolute atomic E-state index is 12.8. The molecule has 2 aromatic carbocycles. The zero-order valence-electron chi connectivity index (χ0n) is 19.1. The monoisotopic (exact) mass is 487 g/mol. The summed E-state index contributed by atoms with van der Waals surface area (Å²) in [6.45, 7) is 5.01. The molecule has 3 rings (SSSR count). The minimum atomic E-state index is -3.41. The fraction of sp³-hybridized carbons (Fsp3) is 0.440. The van der Waals surface area contributed by atoms with Crippen LogP contribution in [0.2, 0.25) is 5.02 Å². The fourth-order valence-electron chi connectivity index (χ4n) is 3.92. The maximum atomic E-state index is 12.8. The average molecular weight is 488 g/mol. The highest BCUT2D eigenvalue weighted by atomic mass is 35.5. The molecule has 0 radical (unpaired) electrons. The van der Waals surface area contributed by atoms with Gasteiger partial charge in [0, 0.05) is 22.7 Å². The number of nitriles is 1. The molecule has 0 bridgehead atoms. The van der Waals surface area contributed by atoms with Gasteiger partial charge in [0.1, 0.15) is 0 Å². The summed E-state index contributed by atoms with van der Waals surface area (Å²) in [5.74, 6) is -0.776. The van der Waals surface area contributed by atoms with E-state index in [1.807, 2.05) is 30.3 Å². The summed E-state index contributed by atoms with van der Waals surface area (Å²) in [4.78, 5) is 12.8. The van der Waals surface area contributed by atoms with Crippen LogP contribution in [0.3, 0.4) is 0 Å². The second-order valence-corrected chi connectivity index (χ2v) is 12.4. The van der Waals surface area contributed by atoms with Crippen molar-refractivity contribution >= 4 is 33.2 Å². The van der Waals surface area contributed by atoms with Gasteiger partial charge in [-0.25, -0.2) is 13.1 Å². The summed E-state index contributed by atoms with van der Waals surface area (Å²) < 4.78 is 26.7. The van der Waals surface area contributed by atoms with Crippen molar-refractivity contribution in [1.29, 1.82) is 5.26 Å². The van der Waals surface area contributed by atoms with Gasteiger partial charge < -0.3 is 5.32 Å². The second-order valence-electron chi connectivity index (χ2n) is 9.48. The Balaban J connectivity index is 1.60. The van der Waals surface area contributed by atoms with E-state index >= 15 is 0 Å². The number of halogens is 1. The maximum Gasteiger partial charge on any atom is 0.227 e. The molecule has 33 heavy (non-hydrogen) atoms. The molecule has 1 saturated carbocycles. The fourth-order valence-corrected chi connectivity index (χ4v) is 5.24. The van der Waals surface area contributed by atoms with E-state index in [2.05, 4.69) is 16.1 Å². The van der Waals surface area contributed by atoms with E-state index in [9.17, 15) is 18.5 Å². The van der Waals surface area contributed by atoms with Gasteiger partial charge in [-0.1, -0.05) is 48.0 Å². The molecule has 1 atom stereocenters. The SMILES string of the molecule is CC(C)(C)S(=O)(=O)NC1CCC(C(=O)Nc2ccc(C(C#N)c3ccccc3)c(Cl)c2)CC1. The number of rotatable bonds is 6. The van der Waals surface area contributed by atoms with Gasteiger partial charge in [-0.05, 0) is 69.7 Å². The Kier molecular flexibility index (Phi) is 7.84. The van der Waals surface area contributed by atoms with E-state index in [1.54, 1.807) is 39.0 Å². The molecule has 1 aliphatic carbocycles. The first kappa shape index (κ1) is 25.2. The quantitative estimate of drug-likeness (QED) is 0.584. The number of anilines is 1. The van der Waals surface area contributed by atoms with Crippen molar-refractivity contribution in [2.24, 2.45) is 5.92 Å². The van der Waals surface area contributed by atoms with Crippen molar-refractivity contribution < 1.29 is 13.2 Å². The average Bonchev–Trinajstić information content (AvgIpc) is 2.76. The van der Waals surface area contributed by atoms with Gasteiger partial charge in [0.05, 0.1) is 16.7 Å². The molecule has 0 heterocycles. The molecular weight excluding hydrogens is 458 g/mol. The van der Waals surface area contributed by atoms with Crippen molar-refractivity contribution in [3.8, 4) is 6.07 Å². The molecule has 0 spiro atoms. The number of nitrogens with zero attached hydrogens (tertiary/aromatic N) is 1. The molecule has 8 heteroatoms. The molecule has 0 saturated heterocycles. The van der Waals surface area contributed by atoms with Crippen LogP contribution in [0.25, 0.3) is 0 Å². The third-order valence-corrected chi connectivity index (χ3v) is 8.65. The summed E-state index contributed by atoms with van der Waals surface area (Å²) in [6, 6.07) is 16.8. The molecule has 176 valence electrons. The van der Waals surface area contributed by atoms with E-state index in [0.717, 1.165) is 5.56 Å². The summed E-state index contributed by atoms with van der Waals surface area (Å²) in [6.07, 6.45) is 2.46. The topological polar surface area (TPSA) is 99.1 Å². The highest BCUT2D eigenvalue weighted by Gasteiger charge is 2.34. The largest absolute Gasteiger partial charge is 0.326 e. The Morgan fingerprint density at radius 2 is 1.73 bits per heavy atom. The highest BCUT2D eigenvalue weighted by molar-refractivity contribution is 7.90. The number of hydrogen-bond acceptors (Lipinski definition) is 4. The lowest BCUT2D eigenvalue weighted by molar-refractivity contribution is -0.120. The number of carbonyl (C=O) groups is 1. The molecule has 2 N–H and O–H groups in total. The Hall–Kier alpha value is -2.40. The van der Waals surface area contributed by atoms with Crippen LogP contribution in [0.1, 0.15) is 63.5 Å². The lowest BCUT2D eigenvalue weighted by atomic mass is 9.86. The number of amides is 1. The molecule has 6 nitrogen and oxygen atoms in total. The summed E-state index contributed by atoms with van der Waals surface area (Å²) >= 11 is 6.47. The van der Waals surface area contributed by atoms with Crippen molar-refractivity contribution in [3.05, 3.63) is 64.7 Å². The van der Waals surface area contributed by atoms with E-state index in [4.69, 9.17) is 11.6 Å². The first-order valence-electron chi connectivity index (χ1n) is 11.1. The Bertz CT molecular complexity index is 1130. The lowest BCUT2D eigenvalue weighted by Crippen LogP contribution is -2.46. The minimum absolute atomic E-state index is 0.101. The van der Waals surface area contributed by atoms with Crippen molar-refractivity contribution in [2.45, 2.75) is 63.2 Å². The van der Waals surface area contributed by atoms with E-state index in [1.165, 1.54) is 0 Å². The van der Waals surface area contributed by atoms with Gasteiger partial charge in [0.25, 0.3) is 0 Å². The number of hydrogen-bond donors (Lipinski definition) is 2. The zero-order valence-corrected chi connectivity index (χ0v) is 20.7. The molecule has 0 aliphatic heterocycles. The third kappa shape index (κ3) is 6.14. The highest BCUT2D eigenvalue weighted by Crippen LogP contribution is 2.33. The van der Waals surface area contributed by atoms with Gasteiger partial charge in [-0.2, -0.15) is 5.26 Å². The van der Waals surface area contributed by atoms with Gasteiger partial charge in [-0.3, -0.25) is 4.79 Å².